The van der Waals surface area contributed by atoms with Gasteiger partial charge >= 0.3 is 0 Å². The van der Waals surface area contributed by atoms with Crippen LogP contribution in [-0.4, -0.2) is 20.9 Å². The van der Waals surface area contributed by atoms with Crippen molar-refractivity contribution in [1.82, 2.24) is 15.1 Å². The first kappa shape index (κ1) is 20.4. The van der Waals surface area contributed by atoms with Crippen molar-refractivity contribution in [2.45, 2.75) is 27.7 Å². The highest BCUT2D eigenvalue weighted by Crippen LogP contribution is 2.32. The lowest BCUT2D eigenvalue weighted by Crippen LogP contribution is -2.19. The molecule has 0 radical (unpaired) electrons. The maximum absolute atomic E-state index is 12.5. The van der Waals surface area contributed by atoms with Gasteiger partial charge in [0, 0.05) is 5.56 Å². The zero-order valence-corrected chi connectivity index (χ0v) is 18.7. The molecule has 0 saturated carbocycles. The summed E-state index contributed by atoms with van der Waals surface area (Å²) in [4.78, 5) is 17.6. The van der Waals surface area contributed by atoms with Gasteiger partial charge in [0.25, 0.3) is 5.91 Å². The standard InChI is InChI=1S/C23H21ClN4OS/c1-13-6-5-7-17(10-13)25-23-26-22(29)20(30-23)12-18-16(4)27-28(21(18)24)19-11-14(2)8-9-15(19)3/h5-12H,1-4H3,(H,25,26,29)/b20-12-. The second-order valence-electron chi connectivity index (χ2n) is 7.31. The van der Waals surface area contributed by atoms with E-state index in [2.05, 4.69) is 21.5 Å². The monoisotopic (exact) mass is 436 g/mol. The predicted octanol–water partition coefficient (Wildman–Crippen LogP) is 5.65. The smallest absolute Gasteiger partial charge is 0.264 e. The molecule has 0 unspecified atom stereocenters. The Kier molecular flexibility index (Phi) is 5.54. The van der Waals surface area contributed by atoms with Crippen molar-refractivity contribution in [3.8, 4) is 5.69 Å². The van der Waals surface area contributed by atoms with Gasteiger partial charge in [-0.05, 0) is 80.4 Å². The van der Waals surface area contributed by atoms with Crippen LogP contribution in [0.1, 0.15) is 27.9 Å². The highest BCUT2D eigenvalue weighted by molar-refractivity contribution is 8.18. The number of nitrogens with one attached hydrogen (secondary N) is 1. The molecule has 1 aromatic heterocycles. The summed E-state index contributed by atoms with van der Waals surface area (Å²) in [5.74, 6) is -0.193. The van der Waals surface area contributed by atoms with Crippen LogP contribution in [0.25, 0.3) is 11.8 Å². The zero-order chi connectivity index (χ0) is 21.4. The van der Waals surface area contributed by atoms with Crippen molar-refractivity contribution in [3.63, 3.8) is 0 Å². The molecule has 0 bridgehead atoms. The molecule has 3 aromatic rings. The first-order valence-corrected chi connectivity index (χ1v) is 10.7. The number of aromatic nitrogens is 2. The molecule has 1 fully saturated rings. The lowest BCUT2D eigenvalue weighted by Gasteiger charge is -2.08. The second kappa shape index (κ2) is 8.13. The van der Waals surface area contributed by atoms with Crippen molar-refractivity contribution in [2.24, 2.45) is 4.99 Å². The summed E-state index contributed by atoms with van der Waals surface area (Å²) in [7, 11) is 0. The molecule has 1 saturated heterocycles. The molecule has 7 heteroatoms. The van der Waals surface area contributed by atoms with E-state index in [4.69, 9.17) is 11.6 Å². The van der Waals surface area contributed by atoms with Crippen LogP contribution in [-0.2, 0) is 4.79 Å². The molecule has 1 amide bonds. The molecule has 1 aliphatic rings. The van der Waals surface area contributed by atoms with Crippen LogP contribution < -0.4 is 5.32 Å². The number of carbonyl (C=O) groups excluding carboxylic acids is 1. The van der Waals surface area contributed by atoms with E-state index < -0.39 is 0 Å². The molecule has 5 nitrogen and oxygen atoms in total. The minimum absolute atomic E-state index is 0.193. The van der Waals surface area contributed by atoms with E-state index >= 15 is 0 Å². The van der Waals surface area contributed by atoms with Crippen molar-refractivity contribution in [3.05, 3.63) is 80.5 Å². The van der Waals surface area contributed by atoms with Gasteiger partial charge in [0.2, 0.25) is 0 Å². The van der Waals surface area contributed by atoms with Crippen LogP contribution in [0.2, 0.25) is 5.15 Å². The van der Waals surface area contributed by atoms with Gasteiger partial charge in [0.1, 0.15) is 5.15 Å². The van der Waals surface area contributed by atoms with E-state index in [9.17, 15) is 4.79 Å². The SMILES string of the molecule is Cc1cccc(N=C2NC(=O)/C(=C/c3c(C)nn(-c4cc(C)ccc4C)c3Cl)S2)c1. The van der Waals surface area contributed by atoms with Gasteiger partial charge in [0.15, 0.2) is 5.17 Å². The van der Waals surface area contributed by atoms with Gasteiger partial charge in [-0.3, -0.25) is 4.79 Å². The Hall–Kier alpha value is -2.83. The molecule has 30 heavy (non-hydrogen) atoms. The summed E-state index contributed by atoms with van der Waals surface area (Å²) in [6, 6.07) is 14.0. The van der Waals surface area contributed by atoms with Crippen LogP contribution >= 0.6 is 23.4 Å². The van der Waals surface area contributed by atoms with Gasteiger partial charge in [-0.2, -0.15) is 5.10 Å². The number of amidine groups is 1. The second-order valence-corrected chi connectivity index (χ2v) is 8.70. The van der Waals surface area contributed by atoms with Crippen LogP contribution in [0.15, 0.2) is 52.4 Å². The average molecular weight is 437 g/mol. The fraction of sp³-hybridized carbons (Fsp3) is 0.174. The lowest BCUT2D eigenvalue weighted by molar-refractivity contribution is -0.115. The first-order chi connectivity index (χ1) is 14.3. The molecule has 2 aromatic carbocycles. The number of amides is 1. The number of aryl methyl sites for hydroxylation is 4. The third kappa shape index (κ3) is 4.06. The topological polar surface area (TPSA) is 59.3 Å². The molecule has 2 heterocycles. The van der Waals surface area contributed by atoms with Gasteiger partial charge in [-0.1, -0.05) is 35.9 Å². The summed E-state index contributed by atoms with van der Waals surface area (Å²) < 4.78 is 1.73. The molecule has 4 rings (SSSR count). The van der Waals surface area contributed by atoms with Crippen molar-refractivity contribution in [1.29, 1.82) is 0 Å². The zero-order valence-electron chi connectivity index (χ0n) is 17.2. The summed E-state index contributed by atoms with van der Waals surface area (Å²) in [5.41, 5.74) is 6.53. The maximum atomic E-state index is 12.5. The number of benzene rings is 2. The fourth-order valence-corrected chi connectivity index (χ4v) is 4.35. The number of hydrogen-bond acceptors (Lipinski definition) is 4. The lowest BCUT2D eigenvalue weighted by atomic mass is 10.1. The number of hydrogen-bond donors (Lipinski definition) is 1. The summed E-state index contributed by atoms with van der Waals surface area (Å²) in [5, 5.41) is 8.46. The van der Waals surface area contributed by atoms with Crippen LogP contribution in [0.3, 0.4) is 0 Å². The third-order valence-corrected chi connectivity index (χ3v) is 6.07. The van der Waals surface area contributed by atoms with E-state index in [0.717, 1.165) is 39.3 Å². The molecule has 0 aliphatic carbocycles. The Morgan fingerprint density at radius 3 is 2.63 bits per heavy atom. The third-order valence-electron chi connectivity index (χ3n) is 4.80. The Balaban J connectivity index is 1.68. The van der Waals surface area contributed by atoms with Gasteiger partial charge in [-0.15, -0.1) is 0 Å². The molecule has 0 atom stereocenters. The van der Waals surface area contributed by atoms with E-state index in [1.807, 2.05) is 64.1 Å². The summed E-state index contributed by atoms with van der Waals surface area (Å²) in [6.45, 7) is 7.95. The van der Waals surface area contributed by atoms with Gasteiger partial charge in [-0.25, -0.2) is 9.67 Å². The van der Waals surface area contributed by atoms with Crippen LogP contribution in [0.5, 0.6) is 0 Å². The Morgan fingerprint density at radius 2 is 1.87 bits per heavy atom. The quantitative estimate of drug-likeness (QED) is 0.539. The van der Waals surface area contributed by atoms with Gasteiger partial charge in [0.05, 0.1) is 22.0 Å². The van der Waals surface area contributed by atoms with E-state index in [1.165, 1.54) is 11.8 Å². The van der Waals surface area contributed by atoms with Crippen molar-refractivity contribution >= 4 is 46.2 Å². The molecular formula is C23H21ClN4OS. The normalized spacial score (nSPS) is 16.5. The molecule has 1 aliphatic heterocycles. The average Bonchev–Trinajstić information content (AvgIpc) is 3.17. The Bertz CT molecular complexity index is 1230. The Labute approximate surface area is 184 Å². The van der Waals surface area contributed by atoms with Crippen LogP contribution in [0, 0.1) is 27.7 Å². The largest absolute Gasteiger partial charge is 0.300 e. The van der Waals surface area contributed by atoms with Crippen LogP contribution in [0.4, 0.5) is 5.69 Å². The number of rotatable bonds is 3. The number of thioether (sulfide) groups is 1. The number of aliphatic imine (C=N–C) groups is 1. The number of carbonyl (C=O) groups is 1. The number of halogens is 1. The summed E-state index contributed by atoms with van der Waals surface area (Å²) >= 11 is 7.98. The summed E-state index contributed by atoms with van der Waals surface area (Å²) in [6.07, 6.45) is 1.78. The van der Waals surface area contributed by atoms with Gasteiger partial charge < -0.3 is 5.32 Å². The highest BCUT2D eigenvalue weighted by atomic mass is 35.5. The van der Waals surface area contributed by atoms with Crippen molar-refractivity contribution in [2.75, 3.05) is 0 Å². The molecule has 0 spiro atoms. The highest BCUT2D eigenvalue weighted by Gasteiger charge is 2.25. The fourth-order valence-electron chi connectivity index (χ4n) is 3.21. The minimum atomic E-state index is -0.193. The molecule has 1 N–H and O–H groups in total. The van der Waals surface area contributed by atoms with E-state index in [1.54, 1.807) is 10.8 Å². The first-order valence-electron chi connectivity index (χ1n) is 9.51. The molecule has 152 valence electrons. The molecular weight excluding hydrogens is 416 g/mol. The maximum Gasteiger partial charge on any atom is 0.264 e. The van der Waals surface area contributed by atoms with Crippen molar-refractivity contribution < 1.29 is 4.79 Å². The van der Waals surface area contributed by atoms with E-state index in [0.29, 0.717) is 15.2 Å². The Morgan fingerprint density at radius 1 is 1.10 bits per heavy atom. The number of nitrogens with zero attached hydrogens (tertiary/aromatic N) is 3. The van der Waals surface area contributed by atoms with E-state index in [-0.39, 0.29) is 5.91 Å². The predicted molar refractivity (Wildman–Crippen MR) is 125 cm³/mol. The minimum Gasteiger partial charge on any atom is -0.300 e.